The van der Waals surface area contributed by atoms with Crippen LogP contribution in [0.2, 0.25) is 0 Å². The Bertz CT molecular complexity index is 399. The normalized spacial score (nSPS) is 15.2. The van der Waals surface area contributed by atoms with Crippen LogP contribution in [0.25, 0.3) is 0 Å². The minimum Gasteiger partial charge on any atom is -0.393 e. The Labute approximate surface area is 110 Å². The lowest BCUT2D eigenvalue weighted by molar-refractivity contribution is -0.135. The number of rotatable bonds is 5. The van der Waals surface area contributed by atoms with Crippen molar-refractivity contribution in [2.45, 2.75) is 6.42 Å². The summed E-state index contributed by atoms with van der Waals surface area (Å²) in [5, 5.41) is 0. The highest BCUT2D eigenvalue weighted by Crippen LogP contribution is 2.07. The van der Waals surface area contributed by atoms with Gasteiger partial charge in [0.15, 0.2) is 0 Å². The van der Waals surface area contributed by atoms with E-state index in [2.05, 4.69) is 0 Å². The third-order valence-electron chi connectivity index (χ3n) is 2.64. The van der Waals surface area contributed by atoms with Gasteiger partial charge in [0.1, 0.15) is 13.1 Å². The fraction of sp³-hybridized carbons (Fsp3) is 0.600. The number of hydrogen-bond acceptors (Lipinski definition) is 4. The molecular weight excluding hydrogens is 256 g/mol. The number of carbonyl (C=O) groups excluding carboxylic acids is 3. The Morgan fingerprint density at radius 3 is 2.56 bits per heavy atom. The van der Waals surface area contributed by atoms with Gasteiger partial charge in [-0.05, 0) is 0 Å². The van der Waals surface area contributed by atoms with Crippen molar-refractivity contribution in [3.05, 3.63) is 0 Å². The number of imide groups is 1. The van der Waals surface area contributed by atoms with Gasteiger partial charge in [0.05, 0.1) is 4.99 Å². The van der Waals surface area contributed by atoms with Gasteiger partial charge in [0.2, 0.25) is 5.91 Å². The molecule has 8 heteroatoms. The van der Waals surface area contributed by atoms with Gasteiger partial charge in [0, 0.05) is 27.1 Å². The number of thiocarbonyl (C=S) groups is 1. The highest BCUT2D eigenvalue weighted by Gasteiger charge is 2.35. The first kappa shape index (κ1) is 14.4. The summed E-state index contributed by atoms with van der Waals surface area (Å²) in [6, 6.07) is -0.448. The summed E-state index contributed by atoms with van der Waals surface area (Å²) < 4.78 is 0. The van der Waals surface area contributed by atoms with E-state index < -0.39 is 6.03 Å². The second kappa shape index (κ2) is 5.76. The zero-order chi connectivity index (χ0) is 13.9. The van der Waals surface area contributed by atoms with Crippen molar-refractivity contribution in [2.24, 2.45) is 5.73 Å². The molecule has 100 valence electrons. The number of carbonyl (C=O) groups is 3. The molecule has 0 bridgehead atoms. The van der Waals surface area contributed by atoms with Gasteiger partial charge in [-0.3, -0.25) is 14.5 Å². The molecule has 1 rings (SSSR count). The van der Waals surface area contributed by atoms with E-state index >= 15 is 0 Å². The summed E-state index contributed by atoms with van der Waals surface area (Å²) in [7, 11) is 3.09. The van der Waals surface area contributed by atoms with Gasteiger partial charge >= 0.3 is 6.03 Å². The standard InChI is InChI=1S/C10H16N4O3S/c1-12(4-3-7(11)18)8(15)6-14-9(16)5-13(2)10(14)17/h3-6H2,1-2H3,(H2,11,18). The minimum atomic E-state index is -0.448. The number of urea groups is 1. The van der Waals surface area contributed by atoms with E-state index in [1.165, 1.54) is 16.8 Å². The van der Waals surface area contributed by atoms with Crippen molar-refractivity contribution in [3.8, 4) is 0 Å². The monoisotopic (exact) mass is 272 g/mol. The molecule has 0 radical (unpaired) electrons. The maximum Gasteiger partial charge on any atom is 0.327 e. The highest BCUT2D eigenvalue weighted by atomic mass is 32.1. The maximum atomic E-state index is 11.8. The number of nitrogens with two attached hydrogens (primary N) is 1. The predicted molar refractivity (Wildman–Crippen MR) is 68.8 cm³/mol. The van der Waals surface area contributed by atoms with Crippen molar-refractivity contribution >= 4 is 35.1 Å². The first-order chi connectivity index (χ1) is 8.32. The number of hydrogen-bond donors (Lipinski definition) is 1. The molecule has 1 aliphatic heterocycles. The minimum absolute atomic E-state index is 0.0166. The molecule has 2 N–H and O–H groups in total. The van der Waals surface area contributed by atoms with Gasteiger partial charge < -0.3 is 15.5 Å². The molecule has 0 aromatic rings. The van der Waals surface area contributed by atoms with E-state index in [0.717, 1.165) is 4.90 Å². The number of nitrogens with zero attached hydrogens (tertiary/aromatic N) is 3. The lowest BCUT2D eigenvalue weighted by atomic mass is 10.3. The van der Waals surface area contributed by atoms with Gasteiger partial charge in [-0.2, -0.15) is 0 Å². The second-order valence-electron chi connectivity index (χ2n) is 4.15. The third-order valence-corrected chi connectivity index (χ3v) is 2.85. The average molecular weight is 272 g/mol. The molecule has 1 heterocycles. The Kier molecular flexibility index (Phi) is 4.60. The van der Waals surface area contributed by atoms with Crippen LogP contribution in [0, 0.1) is 0 Å². The van der Waals surface area contributed by atoms with Crippen LogP contribution in [0.4, 0.5) is 4.79 Å². The zero-order valence-electron chi connectivity index (χ0n) is 10.4. The van der Waals surface area contributed by atoms with E-state index in [4.69, 9.17) is 18.0 Å². The predicted octanol–water partition coefficient (Wildman–Crippen LogP) is -0.985. The van der Waals surface area contributed by atoms with E-state index in [0.29, 0.717) is 18.0 Å². The molecule has 7 nitrogen and oxygen atoms in total. The molecule has 4 amide bonds. The van der Waals surface area contributed by atoms with Crippen molar-refractivity contribution < 1.29 is 14.4 Å². The van der Waals surface area contributed by atoms with Crippen molar-refractivity contribution in [2.75, 3.05) is 33.7 Å². The molecule has 0 aromatic heterocycles. The lowest BCUT2D eigenvalue weighted by Crippen LogP contribution is -2.42. The van der Waals surface area contributed by atoms with Crippen molar-refractivity contribution in [1.82, 2.24) is 14.7 Å². The van der Waals surface area contributed by atoms with Crippen molar-refractivity contribution in [3.63, 3.8) is 0 Å². The van der Waals surface area contributed by atoms with Crippen LogP contribution in [0.15, 0.2) is 0 Å². The van der Waals surface area contributed by atoms with E-state index in [1.807, 2.05) is 0 Å². The zero-order valence-corrected chi connectivity index (χ0v) is 11.2. The summed E-state index contributed by atoms with van der Waals surface area (Å²) in [5.74, 6) is -0.679. The summed E-state index contributed by atoms with van der Waals surface area (Å²) in [6.07, 6.45) is 0.416. The fourth-order valence-electron chi connectivity index (χ4n) is 1.48. The molecule has 18 heavy (non-hydrogen) atoms. The molecule has 0 atom stereocenters. The van der Waals surface area contributed by atoms with Crippen molar-refractivity contribution in [1.29, 1.82) is 0 Å². The first-order valence-corrected chi connectivity index (χ1v) is 5.81. The molecule has 0 aliphatic carbocycles. The maximum absolute atomic E-state index is 11.8. The van der Waals surface area contributed by atoms with Gasteiger partial charge in [-0.1, -0.05) is 12.2 Å². The molecule has 1 aliphatic rings. The van der Waals surface area contributed by atoms with Gasteiger partial charge in [0.25, 0.3) is 5.91 Å². The summed E-state index contributed by atoms with van der Waals surface area (Å²) in [4.78, 5) is 38.8. The Balaban J connectivity index is 2.51. The highest BCUT2D eigenvalue weighted by molar-refractivity contribution is 7.80. The largest absolute Gasteiger partial charge is 0.393 e. The van der Waals surface area contributed by atoms with E-state index in [-0.39, 0.29) is 24.9 Å². The smallest absolute Gasteiger partial charge is 0.327 e. The molecule has 0 aromatic carbocycles. The van der Waals surface area contributed by atoms with Crippen LogP contribution < -0.4 is 5.73 Å². The van der Waals surface area contributed by atoms with Crippen LogP contribution in [0.1, 0.15) is 6.42 Å². The third kappa shape index (κ3) is 3.39. The molecule has 1 saturated heterocycles. The molecule has 0 spiro atoms. The summed E-state index contributed by atoms with van der Waals surface area (Å²) in [5.41, 5.74) is 5.33. The quantitative estimate of drug-likeness (QED) is 0.513. The molecule has 0 unspecified atom stereocenters. The van der Waals surface area contributed by atoms with Crippen LogP contribution in [-0.2, 0) is 9.59 Å². The van der Waals surface area contributed by atoms with E-state index in [1.54, 1.807) is 7.05 Å². The Hall–Kier alpha value is -1.70. The first-order valence-electron chi connectivity index (χ1n) is 5.40. The van der Waals surface area contributed by atoms with Crippen LogP contribution in [0.5, 0.6) is 0 Å². The number of likely N-dealkylation sites (N-methyl/N-ethyl adjacent to an activating group) is 2. The second-order valence-corrected chi connectivity index (χ2v) is 4.67. The lowest BCUT2D eigenvalue weighted by Gasteiger charge is -2.20. The molecular formula is C10H16N4O3S. The SMILES string of the molecule is CN(CCC(N)=S)C(=O)CN1C(=O)CN(C)C1=O. The fourth-order valence-corrected chi connectivity index (χ4v) is 1.57. The van der Waals surface area contributed by atoms with Crippen LogP contribution in [0.3, 0.4) is 0 Å². The number of amides is 4. The average Bonchev–Trinajstić information content (AvgIpc) is 2.52. The summed E-state index contributed by atoms with van der Waals surface area (Å²) >= 11 is 4.71. The van der Waals surface area contributed by atoms with E-state index in [9.17, 15) is 14.4 Å². The van der Waals surface area contributed by atoms with Gasteiger partial charge in [-0.15, -0.1) is 0 Å². The molecule has 1 fully saturated rings. The van der Waals surface area contributed by atoms with Crippen LogP contribution in [-0.4, -0.2) is 71.3 Å². The topological polar surface area (TPSA) is 86.9 Å². The Morgan fingerprint density at radius 2 is 2.11 bits per heavy atom. The van der Waals surface area contributed by atoms with Crippen LogP contribution >= 0.6 is 12.2 Å². The molecule has 0 saturated carbocycles. The Morgan fingerprint density at radius 1 is 1.50 bits per heavy atom. The summed E-state index contributed by atoms with van der Waals surface area (Å²) in [6.45, 7) is 0.152. The van der Waals surface area contributed by atoms with Gasteiger partial charge in [-0.25, -0.2) is 4.79 Å².